The van der Waals surface area contributed by atoms with Gasteiger partial charge in [0, 0.05) is 35.3 Å². The van der Waals surface area contributed by atoms with E-state index >= 15 is 0 Å². The largest absolute Gasteiger partial charge is 0.493 e. The molecule has 0 saturated carbocycles. The number of para-hydroxylation sites is 1. The number of nitrogens with zero attached hydrogens (tertiary/aromatic N) is 1. The zero-order valence-electron chi connectivity index (χ0n) is 21.0. The highest BCUT2D eigenvalue weighted by atomic mass is 35.5. The van der Waals surface area contributed by atoms with Crippen LogP contribution in [0.3, 0.4) is 0 Å². The van der Waals surface area contributed by atoms with Crippen molar-refractivity contribution >= 4 is 52.3 Å². The molecule has 0 aliphatic carbocycles. The molecule has 8 heteroatoms. The summed E-state index contributed by atoms with van der Waals surface area (Å²) in [7, 11) is 6.23. The molecule has 4 rings (SSSR count). The minimum absolute atomic E-state index is 0.0373. The van der Waals surface area contributed by atoms with Gasteiger partial charge in [0.05, 0.1) is 33.5 Å². The van der Waals surface area contributed by atoms with Crippen molar-refractivity contribution in [3.05, 3.63) is 76.4 Å². The van der Waals surface area contributed by atoms with Crippen LogP contribution in [0.4, 0.5) is 5.69 Å². The van der Waals surface area contributed by atoms with Crippen molar-refractivity contribution in [2.75, 3.05) is 28.4 Å². The number of fused-ring (bicyclic) bond motifs is 1. The number of hydrogen-bond acceptors (Lipinski definition) is 6. The van der Waals surface area contributed by atoms with Gasteiger partial charge in [0.1, 0.15) is 5.69 Å². The first-order chi connectivity index (χ1) is 18.0. The minimum Gasteiger partial charge on any atom is -0.493 e. The van der Waals surface area contributed by atoms with Crippen molar-refractivity contribution in [1.82, 2.24) is 4.98 Å². The fourth-order valence-corrected chi connectivity index (χ4v) is 4.32. The molecule has 0 unspecified atom stereocenters. The molecule has 0 radical (unpaired) electrons. The molecular weight excluding hydrogens is 492 g/mol. The molecule has 0 aliphatic rings. The summed E-state index contributed by atoms with van der Waals surface area (Å²) in [5.41, 5.74) is 3.72. The molecule has 0 atom stereocenters. The Morgan fingerprint density at radius 1 is 0.892 bits per heavy atom. The van der Waals surface area contributed by atoms with Gasteiger partial charge in [-0.3, -0.25) is 9.79 Å². The van der Waals surface area contributed by atoms with Gasteiger partial charge in [-0.25, -0.2) is 0 Å². The molecule has 1 N–H and O–H groups in total. The van der Waals surface area contributed by atoms with Crippen molar-refractivity contribution in [3.63, 3.8) is 0 Å². The Morgan fingerprint density at radius 3 is 2.19 bits per heavy atom. The number of rotatable bonds is 10. The van der Waals surface area contributed by atoms with Crippen LogP contribution in [0.5, 0.6) is 23.0 Å². The molecule has 3 aromatic carbocycles. The van der Waals surface area contributed by atoms with Gasteiger partial charge in [-0.05, 0) is 41.5 Å². The lowest BCUT2D eigenvalue weighted by Gasteiger charge is -2.13. The van der Waals surface area contributed by atoms with Crippen LogP contribution in [0.2, 0.25) is 5.02 Å². The van der Waals surface area contributed by atoms with Crippen LogP contribution in [0, 0.1) is 0 Å². The van der Waals surface area contributed by atoms with E-state index in [0.717, 1.165) is 22.0 Å². The molecular formula is C29H27ClN2O5. The Kier molecular flexibility index (Phi) is 8.15. The van der Waals surface area contributed by atoms with Crippen LogP contribution >= 0.6 is 11.6 Å². The summed E-state index contributed by atoms with van der Waals surface area (Å²) in [6.45, 7) is 0. The smallest absolute Gasteiger partial charge is 0.203 e. The predicted molar refractivity (Wildman–Crippen MR) is 148 cm³/mol. The van der Waals surface area contributed by atoms with Crippen LogP contribution < -0.4 is 18.9 Å². The van der Waals surface area contributed by atoms with E-state index in [1.165, 1.54) is 7.11 Å². The average Bonchev–Trinajstić information content (AvgIpc) is 3.35. The van der Waals surface area contributed by atoms with Crippen molar-refractivity contribution in [3.8, 4) is 23.0 Å². The third kappa shape index (κ3) is 5.62. The number of halogens is 1. The summed E-state index contributed by atoms with van der Waals surface area (Å²) in [5.74, 6) is 2.03. The first-order valence-corrected chi connectivity index (χ1v) is 11.8. The van der Waals surface area contributed by atoms with Gasteiger partial charge in [0.2, 0.25) is 5.75 Å². The molecule has 7 nitrogen and oxygen atoms in total. The van der Waals surface area contributed by atoms with E-state index in [0.29, 0.717) is 39.3 Å². The molecule has 0 amide bonds. The number of H-pyrrole nitrogens is 1. The highest BCUT2D eigenvalue weighted by molar-refractivity contribution is 6.32. The molecule has 0 spiro atoms. The number of methoxy groups -OCH3 is 4. The Bertz CT molecular complexity index is 1460. The van der Waals surface area contributed by atoms with Gasteiger partial charge >= 0.3 is 0 Å². The Balaban J connectivity index is 1.58. The molecule has 0 saturated heterocycles. The van der Waals surface area contributed by atoms with E-state index in [4.69, 9.17) is 30.5 Å². The van der Waals surface area contributed by atoms with E-state index in [9.17, 15) is 4.79 Å². The van der Waals surface area contributed by atoms with Gasteiger partial charge < -0.3 is 23.9 Å². The number of Topliss-reactive ketones (excluding diaryl/α,β-unsaturated/α-hetero) is 1. The Morgan fingerprint density at radius 2 is 1.54 bits per heavy atom. The van der Waals surface area contributed by atoms with Crippen molar-refractivity contribution in [2.45, 2.75) is 6.42 Å². The van der Waals surface area contributed by atoms with Gasteiger partial charge in [-0.2, -0.15) is 0 Å². The average molecular weight is 519 g/mol. The fourth-order valence-electron chi connectivity index (χ4n) is 4.02. The second-order valence-corrected chi connectivity index (χ2v) is 8.44. The lowest BCUT2D eigenvalue weighted by molar-refractivity contribution is 0.100. The maximum Gasteiger partial charge on any atom is 0.203 e. The highest BCUT2D eigenvalue weighted by Gasteiger charge is 2.14. The lowest BCUT2D eigenvalue weighted by Crippen LogP contribution is -1.98. The number of aromatic nitrogens is 1. The Labute approximate surface area is 220 Å². The third-order valence-corrected chi connectivity index (χ3v) is 6.08. The maximum absolute atomic E-state index is 12.8. The van der Waals surface area contributed by atoms with Crippen LogP contribution in [0.1, 0.15) is 27.9 Å². The second kappa shape index (κ2) is 11.7. The van der Waals surface area contributed by atoms with E-state index in [2.05, 4.69) is 9.98 Å². The molecule has 37 heavy (non-hydrogen) atoms. The summed E-state index contributed by atoms with van der Waals surface area (Å²) in [5, 5.41) is 1.30. The normalized spacial score (nSPS) is 11.4. The van der Waals surface area contributed by atoms with Crippen LogP contribution in [-0.4, -0.2) is 45.4 Å². The number of ether oxygens (including phenoxy) is 4. The van der Waals surface area contributed by atoms with Crippen LogP contribution in [0.15, 0.2) is 59.7 Å². The van der Waals surface area contributed by atoms with Crippen LogP contribution in [0.25, 0.3) is 23.1 Å². The van der Waals surface area contributed by atoms with Gasteiger partial charge in [0.15, 0.2) is 23.0 Å². The molecule has 0 bridgehead atoms. The minimum atomic E-state index is -0.0373. The molecule has 1 heterocycles. The van der Waals surface area contributed by atoms with E-state index in [1.54, 1.807) is 39.8 Å². The first kappa shape index (κ1) is 25.9. The second-order valence-electron chi connectivity index (χ2n) is 8.03. The van der Waals surface area contributed by atoms with Crippen molar-refractivity contribution in [1.29, 1.82) is 0 Å². The number of carbonyl (C=O) groups is 1. The summed E-state index contributed by atoms with van der Waals surface area (Å²) in [6, 6.07) is 15.0. The highest BCUT2D eigenvalue weighted by Crippen LogP contribution is 2.39. The standard InChI is InChI=1S/C29H27ClN2O5/c1-34-26-15-19(16-27(35-2)29(26)37-4)10-9-18-13-22(30)28(36-3)24(14-18)31-12-11-25(33)21-17-32-23-8-6-5-7-20(21)23/h5-10,12-17,32H,11H2,1-4H3/b10-9-,31-12?. The number of ketones is 1. The predicted octanol–water partition coefficient (Wildman–Crippen LogP) is 7.00. The number of hydrogen-bond donors (Lipinski definition) is 1. The lowest BCUT2D eigenvalue weighted by atomic mass is 10.1. The monoisotopic (exact) mass is 518 g/mol. The SMILES string of the molecule is COc1cc(/C=C\c2cc(Cl)c(OC)c(N=CCC(=O)c3c[nH]c4ccccc34)c2)cc(OC)c1OC. The topological polar surface area (TPSA) is 82.1 Å². The quantitative estimate of drug-likeness (QED) is 0.139. The van der Waals surface area contributed by atoms with E-state index < -0.39 is 0 Å². The molecule has 1 aromatic heterocycles. The van der Waals surface area contributed by atoms with Gasteiger partial charge in [-0.15, -0.1) is 0 Å². The van der Waals surface area contributed by atoms with E-state index in [-0.39, 0.29) is 12.2 Å². The first-order valence-electron chi connectivity index (χ1n) is 11.5. The molecule has 0 fully saturated rings. The number of benzene rings is 3. The summed E-state index contributed by atoms with van der Waals surface area (Å²) >= 11 is 6.48. The summed E-state index contributed by atoms with van der Waals surface area (Å²) < 4.78 is 21.7. The molecule has 4 aromatic rings. The third-order valence-electron chi connectivity index (χ3n) is 5.80. The number of carbonyl (C=O) groups excluding carboxylic acids is 1. The Hall–Kier alpha value is -4.23. The van der Waals surface area contributed by atoms with Gasteiger partial charge in [-0.1, -0.05) is 42.0 Å². The number of aliphatic imine (C=N–C) groups is 1. The fraction of sp³-hybridized carbons (Fsp3) is 0.172. The summed E-state index contributed by atoms with van der Waals surface area (Å²) in [4.78, 5) is 20.4. The van der Waals surface area contributed by atoms with Crippen LogP contribution in [-0.2, 0) is 0 Å². The number of aromatic amines is 1. The molecule has 190 valence electrons. The van der Waals surface area contributed by atoms with E-state index in [1.807, 2.05) is 54.6 Å². The zero-order valence-corrected chi connectivity index (χ0v) is 21.8. The summed E-state index contributed by atoms with van der Waals surface area (Å²) in [6.07, 6.45) is 7.23. The van der Waals surface area contributed by atoms with Gasteiger partial charge in [0.25, 0.3) is 0 Å². The molecule has 0 aliphatic heterocycles. The van der Waals surface area contributed by atoms with Crippen molar-refractivity contribution < 1.29 is 23.7 Å². The maximum atomic E-state index is 12.8. The zero-order chi connectivity index (χ0) is 26.4. The van der Waals surface area contributed by atoms with Crippen molar-refractivity contribution in [2.24, 2.45) is 4.99 Å². The number of nitrogens with one attached hydrogen (secondary N) is 1.